The van der Waals surface area contributed by atoms with Crippen LogP contribution in [0.3, 0.4) is 0 Å². The summed E-state index contributed by atoms with van der Waals surface area (Å²) in [5.74, 6) is 0.260. The van der Waals surface area contributed by atoms with Crippen LogP contribution in [0.2, 0.25) is 0 Å². The van der Waals surface area contributed by atoms with Crippen LogP contribution >= 0.6 is 0 Å². The largest absolute Gasteiger partial charge is 0.497 e. The van der Waals surface area contributed by atoms with E-state index in [-0.39, 0.29) is 18.0 Å². The average Bonchev–Trinajstić information content (AvgIpc) is 2.53. The summed E-state index contributed by atoms with van der Waals surface area (Å²) in [7, 11) is 1.55. The highest BCUT2D eigenvalue weighted by molar-refractivity contribution is 5.78. The van der Waals surface area contributed by atoms with Gasteiger partial charge in [-0.25, -0.2) is 4.98 Å². The summed E-state index contributed by atoms with van der Waals surface area (Å²) in [6.45, 7) is 0.242. The zero-order chi connectivity index (χ0) is 15.2. The van der Waals surface area contributed by atoms with Gasteiger partial charge in [-0.15, -0.1) is 0 Å². The minimum absolute atomic E-state index is 0.195. The molecule has 21 heavy (non-hydrogen) atoms. The van der Waals surface area contributed by atoms with Gasteiger partial charge >= 0.3 is 0 Å². The van der Waals surface area contributed by atoms with Crippen LogP contribution in [-0.2, 0) is 6.54 Å². The number of hydrogen-bond acceptors (Lipinski definition) is 5. The molecule has 1 aromatic heterocycles. The van der Waals surface area contributed by atoms with E-state index < -0.39 is 0 Å². The highest BCUT2D eigenvalue weighted by Crippen LogP contribution is 2.16. The van der Waals surface area contributed by atoms with Gasteiger partial charge in [0.25, 0.3) is 5.56 Å². The molecule has 0 aliphatic rings. The first-order valence-electron chi connectivity index (χ1n) is 6.49. The van der Waals surface area contributed by atoms with Crippen molar-refractivity contribution in [3.8, 4) is 17.9 Å². The minimum atomic E-state index is -0.375. The Balaban J connectivity index is 2.34. The Hall–Kier alpha value is -2.86. The van der Waals surface area contributed by atoms with Crippen LogP contribution in [-0.4, -0.2) is 16.7 Å². The molecule has 1 unspecified atom stereocenters. The Morgan fingerprint density at radius 3 is 2.90 bits per heavy atom. The van der Waals surface area contributed by atoms with Crippen LogP contribution < -0.4 is 10.3 Å². The molecule has 0 saturated carbocycles. The smallest absolute Gasteiger partial charge is 0.261 e. The van der Waals surface area contributed by atoms with Gasteiger partial charge in [0.1, 0.15) is 5.75 Å². The summed E-state index contributed by atoms with van der Waals surface area (Å²) in [5, 5.41) is 18.1. The highest BCUT2D eigenvalue weighted by atomic mass is 16.5. The van der Waals surface area contributed by atoms with Crippen LogP contribution in [0.15, 0.2) is 29.3 Å². The van der Waals surface area contributed by atoms with Crippen molar-refractivity contribution >= 4 is 10.9 Å². The summed E-state index contributed by atoms with van der Waals surface area (Å²) in [6.07, 6.45) is 2.17. The van der Waals surface area contributed by atoms with Crippen molar-refractivity contribution in [1.29, 1.82) is 10.5 Å². The van der Waals surface area contributed by atoms with Gasteiger partial charge in [0.15, 0.2) is 0 Å². The second kappa shape index (κ2) is 6.53. The van der Waals surface area contributed by atoms with Crippen molar-refractivity contribution in [3.63, 3.8) is 0 Å². The number of rotatable bonds is 5. The maximum Gasteiger partial charge on any atom is 0.261 e. The second-order valence-electron chi connectivity index (χ2n) is 4.61. The number of nitrogens with zero attached hydrogens (tertiary/aromatic N) is 4. The summed E-state index contributed by atoms with van der Waals surface area (Å²) < 4.78 is 6.51. The topological polar surface area (TPSA) is 91.7 Å². The maximum atomic E-state index is 12.4. The van der Waals surface area contributed by atoms with Crippen molar-refractivity contribution in [3.05, 3.63) is 34.9 Å². The molecule has 2 aromatic rings. The fraction of sp³-hybridized carbons (Fsp3) is 0.333. The SMILES string of the molecule is COc1ccc2c(=O)n(CC(C#N)CCC#N)cnc2c1. The van der Waals surface area contributed by atoms with Crippen molar-refractivity contribution in [2.24, 2.45) is 5.92 Å². The lowest BCUT2D eigenvalue weighted by Crippen LogP contribution is -2.24. The van der Waals surface area contributed by atoms with E-state index in [4.69, 9.17) is 15.3 Å². The first-order valence-corrected chi connectivity index (χ1v) is 6.49. The van der Waals surface area contributed by atoms with Crippen LogP contribution in [0.4, 0.5) is 0 Å². The van der Waals surface area contributed by atoms with Gasteiger partial charge in [-0.2, -0.15) is 10.5 Å². The molecule has 0 aliphatic heterocycles. The van der Waals surface area contributed by atoms with E-state index in [0.717, 1.165) is 0 Å². The number of methoxy groups -OCH3 is 1. The van der Waals surface area contributed by atoms with Crippen LogP contribution in [0, 0.1) is 28.6 Å². The molecule has 0 fully saturated rings. The van der Waals surface area contributed by atoms with Crippen LogP contribution in [0.1, 0.15) is 12.8 Å². The lowest BCUT2D eigenvalue weighted by atomic mass is 10.1. The van der Waals surface area contributed by atoms with Gasteiger partial charge in [0.05, 0.1) is 42.4 Å². The second-order valence-corrected chi connectivity index (χ2v) is 4.61. The molecule has 106 valence electrons. The summed E-state index contributed by atoms with van der Waals surface area (Å²) in [6, 6.07) is 9.19. The van der Waals surface area contributed by atoms with Gasteiger partial charge < -0.3 is 4.74 Å². The molecular weight excluding hydrogens is 268 g/mol. The van der Waals surface area contributed by atoms with Crippen LogP contribution in [0.25, 0.3) is 10.9 Å². The molecule has 0 bridgehead atoms. The molecule has 0 N–H and O–H groups in total. The predicted octanol–water partition coefficient (Wildman–Crippen LogP) is 1.85. The summed E-state index contributed by atoms with van der Waals surface area (Å²) >= 11 is 0. The molecular formula is C15H14N4O2. The number of nitriles is 2. The number of ether oxygens (including phenoxy) is 1. The normalized spacial score (nSPS) is 11.6. The molecule has 1 heterocycles. The van der Waals surface area contributed by atoms with Crippen molar-refractivity contribution < 1.29 is 4.74 Å². The van der Waals surface area contributed by atoms with E-state index in [0.29, 0.717) is 29.5 Å². The number of aromatic nitrogens is 2. The minimum Gasteiger partial charge on any atom is -0.497 e. The van der Waals surface area contributed by atoms with E-state index in [9.17, 15) is 4.79 Å². The van der Waals surface area contributed by atoms with Crippen molar-refractivity contribution in [1.82, 2.24) is 9.55 Å². The first-order chi connectivity index (χ1) is 10.2. The lowest BCUT2D eigenvalue weighted by Gasteiger charge is -2.10. The number of benzene rings is 1. The van der Waals surface area contributed by atoms with E-state index in [1.54, 1.807) is 25.3 Å². The zero-order valence-corrected chi connectivity index (χ0v) is 11.6. The fourth-order valence-electron chi connectivity index (χ4n) is 2.07. The Bertz CT molecular complexity index is 783. The van der Waals surface area contributed by atoms with Gasteiger partial charge in [0, 0.05) is 19.0 Å². The highest BCUT2D eigenvalue weighted by Gasteiger charge is 2.11. The lowest BCUT2D eigenvalue weighted by molar-refractivity contribution is 0.415. The van der Waals surface area contributed by atoms with Crippen molar-refractivity contribution in [2.45, 2.75) is 19.4 Å². The van der Waals surface area contributed by atoms with E-state index in [1.165, 1.54) is 10.9 Å². The van der Waals surface area contributed by atoms with E-state index in [1.807, 2.05) is 6.07 Å². The Morgan fingerprint density at radius 2 is 2.24 bits per heavy atom. The third-order valence-electron chi connectivity index (χ3n) is 3.24. The molecule has 0 radical (unpaired) electrons. The Morgan fingerprint density at radius 1 is 1.43 bits per heavy atom. The molecule has 6 nitrogen and oxygen atoms in total. The molecule has 0 aliphatic carbocycles. The van der Waals surface area contributed by atoms with Gasteiger partial charge in [0.2, 0.25) is 0 Å². The Kier molecular flexibility index (Phi) is 4.53. The van der Waals surface area contributed by atoms with Gasteiger partial charge in [-0.1, -0.05) is 0 Å². The molecule has 0 spiro atoms. The average molecular weight is 282 g/mol. The zero-order valence-electron chi connectivity index (χ0n) is 11.6. The third kappa shape index (κ3) is 3.18. The van der Waals surface area contributed by atoms with Crippen LogP contribution in [0.5, 0.6) is 5.75 Å². The number of hydrogen-bond donors (Lipinski definition) is 0. The fourth-order valence-corrected chi connectivity index (χ4v) is 2.07. The molecule has 0 amide bonds. The van der Waals surface area contributed by atoms with E-state index >= 15 is 0 Å². The predicted molar refractivity (Wildman–Crippen MR) is 76.5 cm³/mol. The maximum absolute atomic E-state index is 12.4. The monoisotopic (exact) mass is 282 g/mol. The molecule has 1 atom stereocenters. The van der Waals surface area contributed by atoms with Crippen molar-refractivity contribution in [2.75, 3.05) is 7.11 Å². The molecule has 1 aromatic carbocycles. The van der Waals surface area contributed by atoms with Gasteiger partial charge in [-0.3, -0.25) is 9.36 Å². The van der Waals surface area contributed by atoms with E-state index in [2.05, 4.69) is 11.1 Å². The first kappa shape index (κ1) is 14.5. The third-order valence-corrected chi connectivity index (χ3v) is 3.24. The standard InChI is InChI=1S/C15H14N4O2/c1-21-12-4-5-13-14(7-12)18-10-19(15(13)20)9-11(8-17)3-2-6-16/h4-5,7,10-11H,2-3,9H2,1H3. The number of fused-ring (bicyclic) bond motifs is 1. The Labute approximate surface area is 121 Å². The van der Waals surface area contributed by atoms with Gasteiger partial charge in [-0.05, 0) is 18.6 Å². The summed E-state index contributed by atoms with van der Waals surface area (Å²) in [5.41, 5.74) is 0.362. The molecule has 2 rings (SSSR count). The molecule has 0 saturated heterocycles. The quantitative estimate of drug-likeness (QED) is 0.834. The molecule has 6 heteroatoms. The summed E-state index contributed by atoms with van der Waals surface area (Å²) in [4.78, 5) is 16.6.